The third-order valence-corrected chi connectivity index (χ3v) is 9.04. The molecule has 230 valence electrons. The lowest BCUT2D eigenvalue weighted by molar-refractivity contribution is -0.140. The fraction of sp³-hybridized carbons (Fsp3) is 0.235. The molecule has 0 saturated heterocycles. The number of hydrogen-bond donors (Lipinski definition) is 1. The maximum Gasteiger partial charge on any atom is 0.264 e. The second-order valence-electron chi connectivity index (χ2n) is 10.2. The first-order valence-corrected chi connectivity index (χ1v) is 16.1. The van der Waals surface area contributed by atoms with Crippen LogP contribution in [0.5, 0.6) is 5.75 Å². The van der Waals surface area contributed by atoms with Gasteiger partial charge in [0.1, 0.15) is 18.3 Å². The van der Waals surface area contributed by atoms with E-state index in [-0.39, 0.29) is 29.5 Å². The van der Waals surface area contributed by atoms with Gasteiger partial charge in [-0.25, -0.2) is 8.42 Å². The summed E-state index contributed by atoms with van der Waals surface area (Å²) in [4.78, 5) is 29.6. The number of ether oxygens (including phenoxy) is 1. The quantitative estimate of drug-likeness (QED) is 0.192. The van der Waals surface area contributed by atoms with Crippen molar-refractivity contribution in [3.05, 3.63) is 125 Å². The van der Waals surface area contributed by atoms with E-state index < -0.39 is 28.5 Å². The van der Waals surface area contributed by atoms with Gasteiger partial charge < -0.3 is 15.0 Å². The maximum absolute atomic E-state index is 14.4. The van der Waals surface area contributed by atoms with Gasteiger partial charge in [0.05, 0.1) is 17.7 Å². The Kier molecular flexibility index (Phi) is 11.4. The zero-order chi connectivity index (χ0) is 31.5. The van der Waals surface area contributed by atoms with Crippen LogP contribution in [-0.4, -0.2) is 51.4 Å². The van der Waals surface area contributed by atoms with Crippen molar-refractivity contribution in [2.75, 3.05) is 24.5 Å². The molecular formula is C34H36ClN3O5S. The van der Waals surface area contributed by atoms with Crippen LogP contribution in [0.25, 0.3) is 0 Å². The predicted molar refractivity (Wildman–Crippen MR) is 173 cm³/mol. The van der Waals surface area contributed by atoms with Crippen molar-refractivity contribution in [1.29, 1.82) is 0 Å². The molecule has 44 heavy (non-hydrogen) atoms. The van der Waals surface area contributed by atoms with E-state index in [1.54, 1.807) is 60.7 Å². The molecule has 4 aromatic rings. The summed E-state index contributed by atoms with van der Waals surface area (Å²) in [6, 6.07) is 30.0. The van der Waals surface area contributed by atoms with E-state index in [0.717, 1.165) is 9.87 Å². The fourth-order valence-electron chi connectivity index (χ4n) is 4.77. The average molecular weight is 634 g/mol. The lowest BCUT2D eigenvalue weighted by Crippen LogP contribution is -2.53. The van der Waals surface area contributed by atoms with Crippen LogP contribution < -0.4 is 14.4 Å². The summed E-state index contributed by atoms with van der Waals surface area (Å²) < 4.78 is 34.5. The molecule has 0 aliphatic rings. The number of sulfonamides is 1. The molecule has 10 heteroatoms. The fourth-order valence-corrected chi connectivity index (χ4v) is 6.41. The largest absolute Gasteiger partial charge is 0.497 e. The van der Waals surface area contributed by atoms with Gasteiger partial charge in [0.25, 0.3) is 10.0 Å². The summed E-state index contributed by atoms with van der Waals surface area (Å²) in [5.41, 5.74) is 1.81. The highest BCUT2D eigenvalue weighted by atomic mass is 35.5. The summed E-state index contributed by atoms with van der Waals surface area (Å²) in [7, 11) is -2.72. The number of nitrogens with one attached hydrogen (secondary N) is 1. The normalized spacial score (nSPS) is 11.8. The van der Waals surface area contributed by atoms with Crippen LogP contribution in [0, 0.1) is 0 Å². The third-order valence-electron chi connectivity index (χ3n) is 7.01. The zero-order valence-corrected chi connectivity index (χ0v) is 26.3. The molecule has 0 aliphatic heterocycles. The maximum atomic E-state index is 14.4. The first-order valence-electron chi connectivity index (χ1n) is 14.3. The van der Waals surface area contributed by atoms with Crippen LogP contribution in [0.1, 0.15) is 24.5 Å². The summed E-state index contributed by atoms with van der Waals surface area (Å²) in [6.07, 6.45) is 0.943. The number of hydrogen-bond acceptors (Lipinski definition) is 5. The van der Waals surface area contributed by atoms with Crippen LogP contribution >= 0.6 is 11.6 Å². The van der Waals surface area contributed by atoms with Gasteiger partial charge in [-0.1, -0.05) is 85.3 Å². The molecule has 2 amide bonds. The smallest absolute Gasteiger partial charge is 0.264 e. The number of halogens is 1. The van der Waals surface area contributed by atoms with E-state index in [9.17, 15) is 18.0 Å². The standard InChI is InChI=1S/C34H36ClN3O5S/c1-3-20-36-34(40)32(22-26-12-6-4-7-13-26)37(24-27-14-10-15-28(35)21-27)33(39)25-38(29-16-11-17-30(23-29)43-2)44(41,42)31-18-8-5-9-19-31/h4-19,21,23,32H,3,20,22,24-25H2,1-2H3,(H,36,40). The topological polar surface area (TPSA) is 96.0 Å². The number of anilines is 1. The molecule has 0 spiro atoms. The Bertz CT molecular complexity index is 1650. The number of methoxy groups -OCH3 is 1. The van der Waals surface area contributed by atoms with Crippen molar-refractivity contribution in [3.8, 4) is 5.75 Å². The van der Waals surface area contributed by atoms with Crippen LogP contribution in [-0.2, 0) is 32.6 Å². The molecule has 1 atom stereocenters. The van der Waals surface area contributed by atoms with Crippen LogP contribution in [0.2, 0.25) is 5.02 Å². The van der Waals surface area contributed by atoms with Crippen molar-refractivity contribution in [3.63, 3.8) is 0 Å². The first-order chi connectivity index (χ1) is 21.2. The van der Waals surface area contributed by atoms with Crippen molar-refractivity contribution in [1.82, 2.24) is 10.2 Å². The van der Waals surface area contributed by atoms with E-state index in [2.05, 4.69) is 5.32 Å². The van der Waals surface area contributed by atoms with Crippen LogP contribution in [0.3, 0.4) is 0 Å². The number of rotatable bonds is 14. The van der Waals surface area contributed by atoms with E-state index in [1.807, 2.05) is 43.3 Å². The van der Waals surface area contributed by atoms with Gasteiger partial charge in [-0.3, -0.25) is 13.9 Å². The number of nitrogens with zero attached hydrogens (tertiary/aromatic N) is 2. The average Bonchev–Trinajstić information content (AvgIpc) is 3.04. The molecule has 0 saturated carbocycles. The molecule has 1 unspecified atom stereocenters. The minimum Gasteiger partial charge on any atom is -0.497 e. The Balaban J connectivity index is 1.80. The highest BCUT2D eigenvalue weighted by Crippen LogP contribution is 2.28. The molecule has 0 aliphatic carbocycles. The molecule has 0 aromatic heterocycles. The van der Waals surface area contributed by atoms with E-state index in [4.69, 9.17) is 16.3 Å². The lowest BCUT2D eigenvalue weighted by atomic mass is 10.0. The number of amides is 2. The molecule has 0 heterocycles. The van der Waals surface area contributed by atoms with Gasteiger partial charge in [0.2, 0.25) is 11.8 Å². The second kappa shape index (κ2) is 15.4. The van der Waals surface area contributed by atoms with Gasteiger partial charge in [0, 0.05) is 30.6 Å². The lowest BCUT2D eigenvalue weighted by Gasteiger charge is -2.34. The molecule has 4 rings (SSSR count). The highest BCUT2D eigenvalue weighted by molar-refractivity contribution is 7.92. The summed E-state index contributed by atoms with van der Waals surface area (Å²) in [6.45, 7) is 1.86. The minimum atomic E-state index is -4.20. The van der Waals surface area contributed by atoms with Gasteiger partial charge in [-0.05, 0) is 53.9 Å². The minimum absolute atomic E-state index is 0.0264. The molecule has 8 nitrogen and oxygen atoms in total. The predicted octanol–water partition coefficient (Wildman–Crippen LogP) is 5.71. The number of carbonyl (C=O) groups excluding carboxylic acids is 2. The molecule has 0 fully saturated rings. The van der Waals surface area contributed by atoms with Crippen molar-refractivity contribution in [2.24, 2.45) is 0 Å². The van der Waals surface area contributed by atoms with E-state index >= 15 is 0 Å². The summed E-state index contributed by atoms with van der Waals surface area (Å²) in [5, 5.41) is 3.42. The first kappa shape index (κ1) is 32.6. The Hall–Kier alpha value is -4.34. The monoisotopic (exact) mass is 633 g/mol. The summed E-state index contributed by atoms with van der Waals surface area (Å²) in [5.74, 6) is -0.454. The summed E-state index contributed by atoms with van der Waals surface area (Å²) >= 11 is 6.29. The highest BCUT2D eigenvalue weighted by Gasteiger charge is 2.34. The molecule has 1 N–H and O–H groups in total. The Labute approximate surface area is 264 Å². The van der Waals surface area contributed by atoms with Gasteiger partial charge in [-0.2, -0.15) is 0 Å². The van der Waals surface area contributed by atoms with Crippen LogP contribution in [0.4, 0.5) is 5.69 Å². The molecule has 0 bridgehead atoms. The van der Waals surface area contributed by atoms with Crippen molar-refractivity contribution in [2.45, 2.75) is 37.2 Å². The van der Waals surface area contributed by atoms with Gasteiger partial charge in [-0.15, -0.1) is 0 Å². The zero-order valence-electron chi connectivity index (χ0n) is 24.7. The Morgan fingerprint density at radius 1 is 0.864 bits per heavy atom. The molecule has 0 radical (unpaired) electrons. The van der Waals surface area contributed by atoms with Gasteiger partial charge >= 0.3 is 0 Å². The van der Waals surface area contributed by atoms with Gasteiger partial charge in [0.15, 0.2) is 0 Å². The van der Waals surface area contributed by atoms with E-state index in [1.165, 1.54) is 24.1 Å². The Morgan fingerprint density at radius 3 is 2.18 bits per heavy atom. The van der Waals surface area contributed by atoms with Crippen LogP contribution in [0.15, 0.2) is 114 Å². The second-order valence-corrected chi connectivity index (χ2v) is 12.5. The van der Waals surface area contributed by atoms with Crippen molar-refractivity contribution >= 4 is 39.1 Å². The number of carbonyl (C=O) groups is 2. The SMILES string of the molecule is CCCNC(=O)C(Cc1ccccc1)N(Cc1cccc(Cl)c1)C(=O)CN(c1cccc(OC)c1)S(=O)(=O)c1ccccc1. The van der Waals surface area contributed by atoms with E-state index in [0.29, 0.717) is 29.3 Å². The Morgan fingerprint density at radius 2 is 1.52 bits per heavy atom. The molecular weight excluding hydrogens is 598 g/mol. The van der Waals surface area contributed by atoms with Crippen molar-refractivity contribution < 1.29 is 22.7 Å². The molecule has 4 aromatic carbocycles. The third kappa shape index (κ3) is 8.39. The number of benzene rings is 4.